The van der Waals surface area contributed by atoms with E-state index in [0.717, 1.165) is 15.9 Å². The van der Waals surface area contributed by atoms with Crippen molar-refractivity contribution < 1.29 is 4.79 Å². The van der Waals surface area contributed by atoms with E-state index in [-0.39, 0.29) is 9.93 Å². The molecule has 0 saturated heterocycles. The molecule has 1 N–H and O–H groups in total. The number of alkyl halides is 2. The van der Waals surface area contributed by atoms with Crippen LogP contribution in [0.25, 0.3) is 0 Å². The van der Waals surface area contributed by atoms with Gasteiger partial charge in [0.2, 0.25) is 0 Å². The molecule has 0 aliphatic carbocycles. The Kier molecular flexibility index (Phi) is 7.40. The summed E-state index contributed by atoms with van der Waals surface area (Å²) >= 11 is 32.4. The van der Waals surface area contributed by atoms with Crippen molar-refractivity contribution in [3.8, 4) is 0 Å². The molecule has 3 aromatic rings. The van der Waals surface area contributed by atoms with Crippen LogP contribution in [0, 0.1) is 0 Å². The molecule has 0 radical (unpaired) electrons. The quantitative estimate of drug-likeness (QED) is 0.305. The summed E-state index contributed by atoms with van der Waals surface area (Å²) in [5.41, 5.74) is 0.158. The zero-order valence-electron chi connectivity index (χ0n) is 15.5. The third-order valence-corrected chi connectivity index (χ3v) is 13.0. The SMILES string of the molecule is O=C(NC(=C(Cl)Cl)P(Cl)(c1ccccc1)(c1ccccc1)c1ccccc1)C(Cl)Cl. The molecule has 0 heterocycles. The van der Waals surface area contributed by atoms with Gasteiger partial charge in [0.05, 0.1) is 0 Å². The van der Waals surface area contributed by atoms with Crippen molar-refractivity contribution in [1.29, 1.82) is 0 Å². The van der Waals surface area contributed by atoms with Crippen LogP contribution < -0.4 is 21.2 Å². The Hall–Kier alpha value is -1.25. The molecule has 0 aliphatic rings. The summed E-state index contributed by atoms with van der Waals surface area (Å²) in [6.45, 7) is 0. The van der Waals surface area contributed by atoms with Gasteiger partial charge in [0.1, 0.15) is 0 Å². The van der Waals surface area contributed by atoms with Gasteiger partial charge in [-0.1, -0.05) is 0 Å². The molecule has 0 saturated carbocycles. The molecule has 0 atom stereocenters. The third kappa shape index (κ3) is 3.98. The maximum absolute atomic E-state index is 12.6. The average molecular weight is 520 g/mol. The predicted molar refractivity (Wildman–Crippen MR) is 133 cm³/mol. The molecular formula is C22H17Cl5NOP. The first-order valence-electron chi connectivity index (χ1n) is 8.85. The van der Waals surface area contributed by atoms with E-state index in [4.69, 9.17) is 57.6 Å². The molecule has 156 valence electrons. The Morgan fingerprint density at radius 1 is 0.700 bits per heavy atom. The third-order valence-electron chi connectivity index (χ3n) is 4.76. The number of carbonyl (C=O) groups excluding carboxylic acids is 1. The van der Waals surface area contributed by atoms with E-state index in [1.54, 1.807) is 0 Å². The Labute approximate surface area is 200 Å². The fourth-order valence-electron chi connectivity index (χ4n) is 3.44. The van der Waals surface area contributed by atoms with Gasteiger partial charge in [-0.3, -0.25) is 0 Å². The Balaban J connectivity index is 2.53. The number of halogens is 5. The van der Waals surface area contributed by atoms with Crippen LogP contribution in [-0.4, -0.2) is 10.7 Å². The summed E-state index contributed by atoms with van der Waals surface area (Å²) in [6.07, 6.45) is 0. The fourth-order valence-corrected chi connectivity index (χ4v) is 10.8. The van der Waals surface area contributed by atoms with Crippen LogP contribution in [0.2, 0.25) is 0 Å². The summed E-state index contributed by atoms with van der Waals surface area (Å²) in [6, 6.07) is 28.3. The van der Waals surface area contributed by atoms with E-state index in [1.165, 1.54) is 0 Å². The van der Waals surface area contributed by atoms with Crippen LogP contribution in [0.3, 0.4) is 0 Å². The first kappa shape index (κ1) is 23.4. The second-order valence-electron chi connectivity index (χ2n) is 6.41. The van der Waals surface area contributed by atoms with E-state index in [0.29, 0.717) is 0 Å². The molecule has 0 spiro atoms. The van der Waals surface area contributed by atoms with Crippen molar-refractivity contribution in [2.45, 2.75) is 4.84 Å². The second kappa shape index (κ2) is 9.49. The van der Waals surface area contributed by atoms with Gasteiger partial charge in [-0.25, -0.2) is 0 Å². The zero-order valence-corrected chi connectivity index (χ0v) is 20.2. The molecular weight excluding hydrogens is 502 g/mol. The van der Waals surface area contributed by atoms with Crippen molar-refractivity contribution in [2.24, 2.45) is 0 Å². The molecule has 30 heavy (non-hydrogen) atoms. The Bertz CT molecular complexity index is 955. The van der Waals surface area contributed by atoms with Gasteiger partial charge in [0, 0.05) is 0 Å². The van der Waals surface area contributed by atoms with Gasteiger partial charge in [0.15, 0.2) is 0 Å². The van der Waals surface area contributed by atoms with Crippen molar-refractivity contribution in [2.75, 3.05) is 0 Å². The van der Waals surface area contributed by atoms with Crippen LogP contribution in [0.5, 0.6) is 0 Å². The van der Waals surface area contributed by atoms with Gasteiger partial charge >= 0.3 is 201 Å². The summed E-state index contributed by atoms with van der Waals surface area (Å²) < 4.78 is -0.179. The van der Waals surface area contributed by atoms with Gasteiger partial charge in [-0.2, -0.15) is 0 Å². The number of hydrogen-bond donors (Lipinski definition) is 1. The molecule has 0 aliphatic heterocycles. The summed E-state index contributed by atoms with van der Waals surface area (Å²) in [7, 11) is 0. The normalized spacial score (nSPS) is 12.7. The first-order valence-corrected chi connectivity index (χ1v) is 13.6. The van der Waals surface area contributed by atoms with Crippen molar-refractivity contribution in [1.82, 2.24) is 5.32 Å². The van der Waals surface area contributed by atoms with E-state index < -0.39 is 16.7 Å². The monoisotopic (exact) mass is 517 g/mol. The molecule has 0 unspecified atom stereocenters. The van der Waals surface area contributed by atoms with Gasteiger partial charge < -0.3 is 0 Å². The zero-order chi connectivity index (χ0) is 21.8. The second-order valence-corrected chi connectivity index (χ2v) is 14.5. The Morgan fingerprint density at radius 2 is 1.03 bits per heavy atom. The number of carbonyl (C=O) groups is 1. The molecule has 8 heteroatoms. The molecule has 0 fully saturated rings. The van der Waals surface area contributed by atoms with E-state index in [2.05, 4.69) is 5.32 Å². The fraction of sp³-hybridized carbons (Fsp3) is 0.0455. The Morgan fingerprint density at radius 3 is 1.30 bits per heavy atom. The molecule has 1 amide bonds. The van der Waals surface area contributed by atoms with Gasteiger partial charge in [-0.05, 0) is 0 Å². The molecule has 3 rings (SSSR count). The van der Waals surface area contributed by atoms with E-state index in [1.807, 2.05) is 91.0 Å². The van der Waals surface area contributed by atoms with Gasteiger partial charge in [0.25, 0.3) is 0 Å². The van der Waals surface area contributed by atoms with Crippen LogP contribution in [0.15, 0.2) is 101 Å². The molecule has 3 aromatic carbocycles. The van der Waals surface area contributed by atoms with Crippen LogP contribution in [0.1, 0.15) is 0 Å². The van der Waals surface area contributed by atoms with E-state index >= 15 is 0 Å². The van der Waals surface area contributed by atoms with Crippen molar-refractivity contribution >= 4 is 85.4 Å². The van der Waals surface area contributed by atoms with Crippen LogP contribution in [0.4, 0.5) is 0 Å². The van der Waals surface area contributed by atoms with Crippen molar-refractivity contribution in [3.63, 3.8) is 0 Å². The summed E-state index contributed by atoms with van der Waals surface area (Å²) in [5.74, 6) is -4.79. The van der Waals surface area contributed by atoms with Crippen LogP contribution in [-0.2, 0) is 4.79 Å². The molecule has 0 bridgehead atoms. The number of hydrogen-bond acceptors (Lipinski definition) is 1. The predicted octanol–water partition coefficient (Wildman–Crippen LogP) is 6.19. The standard InChI is InChI=1S/C22H17Cl5NOP/c23-19(24)21(29)28-22(20(25)26)30(27,16-10-4-1-5-11-16,17-12-6-2-7-13-17)18-14-8-3-9-15-18/h1-15,19H,(H,28,29). The van der Waals surface area contributed by atoms with Crippen LogP contribution >= 0.6 is 63.6 Å². The maximum atomic E-state index is 12.6. The minimum atomic E-state index is -4.11. The topological polar surface area (TPSA) is 29.1 Å². The molecule has 2 nitrogen and oxygen atoms in total. The van der Waals surface area contributed by atoms with E-state index in [9.17, 15) is 4.79 Å². The molecule has 0 aromatic heterocycles. The number of rotatable bonds is 6. The average Bonchev–Trinajstić information content (AvgIpc) is 2.78. The number of benzene rings is 3. The van der Waals surface area contributed by atoms with Crippen molar-refractivity contribution in [3.05, 3.63) is 101 Å². The number of nitrogens with one attached hydrogen (secondary N) is 1. The minimum absolute atomic E-state index is 0.158. The summed E-state index contributed by atoms with van der Waals surface area (Å²) in [4.78, 5) is 11.2. The summed E-state index contributed by atoms with van der Waals surface area (Å²) in [5, 5.41) is 4.97. The first-order chi connectivity index (χ1) is 14.3. The number of amides is 1. The van der Waals surface area contributed by atoms with Gasteiger partial charge in [-0.15, -0.1) is 0 Å².